The summed E-state index contributed by atoms with van der Waals surface area (Å²) in [6, 6.07) is 0. The molecule has 0 unspecified atom stereocenters. The number of nitrogens with zero attached hydrogens (tertiary/aromatic N) is 2. The molecule has 3 heteroatoms. The molecule has 0 spiro atoms. The molecular weight excluding hydrogens is 323 g/mol. The van der Waals surface area contributed by atoms with Crippen molar-refractivity contribution in [1.29, 1.82) is 0 Å². The Labute approximate surface area is 122 Å². The van der Waals surface area contributed by atoms with Crippen molar-refractivity contribution < 1.29 is 0 Å². The van der Waals surface area contributed by atoms with Crippen molar-refractivity contribution in [2.75, 3.05) is 14.1 Å². The molecule has 0 aromatic heterocycles. The van der Waals surface area contributed by atoms with Gasteiger partial charge in [0.15, 0.2) is 0 Å². The first kappa shape index (κ1) is 18.1. The summed E-state index contributed by atoms with van der Waals surface area (Å²) in [5.41, 5.74) is 2.75. The van der Waals surface area contributed by atoms with E-state index in [9.17, 15) is 0 Å². The molecule has 0 radical (unpaired) electrons. The second-order valence-corrected chi connectivity index (χ2v) is 14.1. The van der Waals surface area contributed by atoms with Gasteiger partial charge in [0.1, 0.15) is 0 Å². The van der Waals surface area contributed by atoms with Crippen LogP contribution in [0.1, 0.15) is 53.4 Å². The molecule has 0 aliphatic carbocycles. The molecule has 0 rings (SSSR count). The van der Waals surface area contributed by atoms with E-state index in [0.717, 1.165) is 12.8 Å². The van der Waals surface area contributed by atoms with Crippen LogP contribution in [0, 0.1) is 0 Å². The van der Waals surface area contributed by atoms with Gasteiger partial charge in [0.25, 0.3) is 0 Å². The van der Waals surface area contributed by atoms with E-state index in [2.05, 4.69) is 48.7 Å². The SMILES string of the molecule is CC[CH2][In]([CH2]CC)[N](C)/C(=C\C(CC)=NC)CC. The Bertz CT molecular complexity index is 266. The van der Waals surface area contributed by atoms with Gasteiger partial charge in [-0.2, -0.15) is 0 Å². The molecule has 0 atom stereocenters. The Morgan fingerprint density at radius 3 is 1.94 bits per heavy atom. The van der Waals surface area contributed by atoms with Gasteiger partial charge in [0, 0.05) is 0 Å². The Morgan fingerprint density at radius 2 is 1.61 bits per heavy atom. The molecule has 0 N–H and O–H groups in total. The zero-order valence-electron chi connectivity index (χ0n) is 13.3. The molecule has 0 aromatic carbocycles. The minimum absolute atomic E-state index is 1.04. The van der Waals surface area contributed by atoms with E-state index in [-0.39, 0.29) is 0 Å². The quantitative estimate of drug-likeness (QED) is 0.557. The topological polar surface area (TPSA) is 15.6 Å². The Hall–Kier alpha value is 0.0801. The van der Waals surface area contributed by atoms with Gasteiger partial charge in [-0.3, -0.25) is 0 Å². The average molecular weight is 354 g/mol. The van der Waals surface area contributed by atoms with Gasteiger partial charge in [0.2, 0.25) is 0 Å². The van der Waals surface area contributed by atoms with Crippen LogP contribution >= 0.6 is 0 Å². The normalized spacial score (nSPS) is 12.8. The van der Waals surface area contributed by atoms with Gasteiger partial charge in [-0.25, -0.2) is 0 Å². The summed E-state index contributed by atoms with van der Waals surface area (Å²) in [7, 11) is 4.24. The van der Waals surface area contributed by atoms with Gasteiger partial charge >= 0.3 is 123 Å². The standard InChI is InChI=1S/C9H17N2.2C3H7.In/c1-5-8(10-3)7-9(6-2)11-4;2*1-3-2;/h7H,5-6H2,1-4H3;2*1,3H2,2H3;/q-1;;;+1/b8-7-,11-9?;;;. The third-order valence-corrected chi connectivity index (χ3v) is 14.8. The average Bonchev–Trinajstić information content (AvgIpc) is 2.39. The molecule has 18 heavy (non-hydrogen) atoms. The summed E-state index contributed by atoms with van der Waals surface area (Å²) in [6.07, 6.45) is 7.20. The second kappa shape index (κ2) is 11.0. The molecule has 0 bridgehead atoms. The van der Waals surface area contributed by atoms with Crippen molar-refractivity contribution >= 4 is 27.4 Å². The van der Waals surface area contributed by atoms with Crippen LogP contribution in [0.3, 0.4) is 0 Å². The molecule has 0 fully saturated rings. The summed E-state index contributed by atoms with van der Waals surface area (Å²) >= 11 is -1.52. The maximum absolute atomic E-state index is 4.36. The maximum atomic E-state index is 4.36. The van der Waals surface area contributed by atoms with Crippen molar-refractivity contribution in [1.82, 2.24) is 2.89 Å². The van der Waals surface area contributed by atoms with Gasteiger partial charge < -0.3 is 0 Å². The minimum atomic E-state index is -1.52. The zero-order valence-corrected chi connectivity index (χ0v) is 16.6. The molecule has 104 valence electrons. The molecule has 0 amide bonds. The Kier molecular flexibility index (Phi) is 11.0. The first-order chi connectivity index (χ1) is 8.64. The Morgan fingerprint density at radius 1 is 1.06 bits per heavy atom. The first-order valence-corrected chi connectivity index (χ1v) is 13.7. The van der Waals surface area contributed by atoms with E-state index in [1.807, 2.05) is 7.05 Å². The van der Waals surface area contributed by atoms with Crippen LogP contribution in [-0.4, -0.2) is 44.4 Å². The third-order valence-electron chi connectivity index (χ3n) is 3.59. The summed E-state index contributed by atoms with van der Waals surface area (Å²) in [5.74, 6) is 0. The van der Waals surface area contributed by atoms with Crippen LogP contribution in [0.25, 0.3) is 0 Å². The van der Waals surface area contributed by atoms with Gasteiger partial charge in [-0.15, -0.1) is 0 Å². The van der Waals surface area contributed by atoms with E-state index >= 15 is 0 Å². The van der Waals surface area contributed by atoms with E-state index in [4.69, 9.17) is 0 Å². The fourth-order valence-electron chi connectivity index (χ4n) is 2.40. The van der Waals surface area contributed by atoms with Crippen molar-refractivity contribution in [3.8, 4) is 0 Å². The van der Waals surface area contributed by atoms with E-state index in [1.54, 1.807) is 0 Å². The number of rotatable bonds is 9. The van der Waals surface area contributed by atoms with Gasteiger partial charge in [-0.1, -0.05) is 0 Å². The van der Waals surface area contributed by atoms with Crippen molar-refractivity contribution in [3.63, 3.8) is 0 Å². The molecule has 0 aliphatic rings. The van der Waals surface area contributed by atoms with Crippen LogP contribution < -0.4 is 0 Å². The van der Waals surface area contributed by atoms with Crippen molar-refractivity contribution in [2.45, 2.75) is 61.7 Å². The molecule has 0 aromatic rings. The molecule has 0 saturated heterocycles. The predicted octanol–water partition coefficient (Wildman–Crippen LogP) is 4.50. The number of allylic oxidation sites excluding steroid dienone is 2. The third kappa shape index (κ3) is 6.31. The van der Waals surface area contributed by atoms with Crippen molar-refractivity contribution in [2.24, 2.45) is 4.99 Å². The van der Waals surface area contributed by atoms with Gasteiger partial charge in [-0.05, 0) is 0 Å². The second-order valence-electron chi connectivity index (χ2n) is 4.90. The number of aliphatic imine (C=N–C) groups is 1. The summed E-state index contributed by atoms with van der Waals surface area (Å²) in [4.78, 5) is 4.36. The van der Waals surface area contributed by atoms with E-state index < -0.39 is 21.7 Å². The molecule has 0 heterocycles. The molecule has 0 saturated carbocycles. The predicted molar refractivity (Wildman–Crippen MR) is 85.7 cm³/mol. The van der Waals surface area contributed by atoms with Gasteiger partial charge in [0.05, 0.1) is 0 Å². The van der Waals surface area contributed by atoms with E-state index in [0.29, 0.717) is 0 Å². The number of hydrogen-bond donors (Lipinski definition) is 0. The van der Waals surface area contributed by atoms with Crippen molar-refractivity contribution in [3.05, 3.63) is 11.8 Å². The van der Waals surface area contributed by atoms with Crippen LogP contribution in [0.2, 0.25) is 8.35 Å². The van der Waals surface area contributed by atoms with Crippen LogP contribution in [0.15, 0.2) is 16.8 Å². The van der Waals surface area contributed by atoms with Crippen LogP contribution in [-0.2, 0) is 0 Å². The van der Waals surface area contributed by atoms with Crippen LogP contribution in [0.5, 0.6) is 0 Å². The summed E-state index contributed by atoms with van der Waals surface area (Å²) in [6.45, 7) is 9.11. The fraction of sp³-hybridized carbons (Fsp3) is 0.800. The Balaban J connectivity index is 4.90. The number of hydrogen-bond acceptors (Lipinski definition) is 2. The van der Waals surface area contributed by atoms with E-state index in [1.165, 1.54) is 32.6 Å². The molecule has 0 aliphatic heterocycles. The molecule has 2 nitrogen and oxygen atoms in total. The monoisotopic (exact) mass is 354 g/mol. The summed E-state index contributed by atoms with van der Waals surface area (Å²) < 4.78 is 5.68. The van der Waals surface area contributed by atoms with Crippen LogP contribution in [0.4, 0.5) is 0 Å². The fourth-order valence-corrected chi connectivity index (χ4v) is 11.3. The molecular formula is C15H31InN2. The zero-order chi connectivity index (χ0) is 14.0. The first-order valence-electron chi connectivity index (χ1n) is 7.53. The summed E-state index contributed by atoms with van der Waals surface area (Å²) in [5, 5.41) is 0.